The lowest BCUT2D eigenvalue weighted by molar-refractivity contribution is -0.112. The molecule has 0 spiro atoms. The highest BCUT2D eigenvalue weighted by molar-refractivity contribution is 6.42. The van der Waals surface area contributed by atoms with Gasteiger partial charge < -0.3 is 10.6 Å². The van der Waals surface area contributed by atoms with E-state index in [0.717, 1.165) is 0 Å². The van der Waals surface area contributed by atoms with E-state index in [0.29, 0.717) is 21.7 Å². The van der Waals surface area contributed by atoms with Crippen molar-refractivity contribution in [1.82, 2.24) is 15.2 Å². The summed E-state index contributed by atoms with van der Waals surface area (Å²) in [6.45, 7) is 0. The third-order valence-corrected chi connectivity index (χ3v) is 3.05. The van der Waals surface area contributed by atoms with Gasteiger partial charge in [-0.3, -0.25) is 4.79 Å². The number of amides is 1. The summed E-state index contributed by atoms with van der Waals surface area (Å²) in [6, 6.07) is 6.38. The van der Waals surface area contributed by atoms with Crippen molar-refractivity contribution in [1.29, 1.82) is 5.26 Å². The highest BCUT2D eigenvalue weighted by Gasteiger charge is 2.10. The number of nitrogens with one attached hydrogen (secondary N) is 3. The van der Waals surface area contributed by atoms with Gasteiger partial charge in [-0.1, -0.05) is 23.2 Å². The van der Waals surface area contributed by atoms with Crippen molar-refractivity contribution in [3.8, 4) is 6.07 Å². The molecule has 9 heteroatoms. The highest BCUT2D eigenvalue weighted by atomic mass is 35.5. The Morgan fingerprint density at radius 2 is 2.19 bits per heavy atom. The Hall–Kier alpha value is -2.56. The van der Waals surface area contributed by atoms with Crippen molar-refractivity contribution >= 4 is 40.7 Å². The van der Waals surface area contributed by atoms with Crippen molar-refractivity contribution in [3.63, 3.8) is 0 Å². The van der Waals surface area contributed by atoms with E-state index in [-0.39, 0.29) is 5.57 Å². The van der Waals surface area contributed by atoms with Gasteiger partial charge in [0.25, 0.3) is 5.91 Å². The number of rotatable bonds is 4. The summed E-state index contributed by atoms with van der Waals surface area (Å²) in [5, 5.41) is 21.0. The van der Waals surface area contributed by atoms with Crippen LogP contribution in [0, 0.1) is 11.3 Å². The van der Waals surface area contributed by atoms with Gasteiger partial charge in [0.1, 0.15) is 18.0 Å². The van der Waals surface area contributed by atoms with E-state index < -0.39 is 5.91 Å². The molecule has 0 saturated heterocycles. The summed E-state index contributed by atoms with van der Waals surface area (Å²) in [7, 11) is 0. The molecule has 0 bridgehead atoms. The Morgan fingerprint density at radius 1 is 1.38 bits per heavy atom. The fraction of sp³-hybridized carbons (Fsp3) is 0. The van der Waals surface area contributed by atoms with Gasteiger partial charge in [-0.15, -0.1) is 0 Å². The third-order valence-electron chi connectivity index (χ3n) is 2.31. The normalized spacial score (nSPS) is 10.8. The topological polar surface area (TPSA) is 106 Å². The second-order valence-corrected chi connectivity index (χ2v) is 4.55. The second kappa shape index (κ2) is 6.74. The summed E-state index contributed by atoms with van der Waals surface area (Å²) < 4.78 is 0. The largest absolute Gasteiger partial charge is 0.330 e. The number of aromatic nitrogens is 3. The standard InChI is InChI=1S/C12H8Cl2N6O/c13-9-2-1-8(3-10(9)14)19-11(21)7(4-15)5-16-12-17-6-18-20-12/h1-3,5-6H,(H,19,21)(H2,16,17,18,20)/b7-5-. The van der Waals surface area contributed by atoms with Crippen molar-refractivity contribution in [2.24, 2.45) is 0 Å². The van der Waals surface area contributed by atoms with E-state index in [1.807, 2.05) is 0 Å². The number of halogens is 2. The molecule has 1 heterocycles. The number of aromatic amines is 1. The highest BCUT2D eigenvalue weighted by Crippen LogP contribution is 2.25. The number of hydrogen-bond acceptors (Lipinski definition) is 5. The molecule has 0 aliphatic rings. The van der Waals surface area contributed by atoms with Crippen LogP contribution in [0.25, 0.3) is 0 Å². The lowest BCUT2D eigenvalue weighted by Gasteiger charge is -2.05. The molecular formula is C12H8Cl2N6O. The zero-order valence-corrected chi connectivity index (χ0v) is 11.9. The van der Waals surface area contributed by atoms with Crippen LogP contribution in [0.2, 0.25) is 10.0 Å². The summed E-state index contributed by atoms with van der Waals surface area (Å²) in [5.41, 5.74) is 0.285. The average molecular weight is 323 g/mol. The zero-order chi connectivity index (χ0) is 15.2. The number of carbonyl (C=O) groups is 1. The molecule has 3 N–H and O–H groups in total. The molecule has 0 unspecified atom stereocenters. The van der Waals surface area contributed by atoms with Crippen LogP contribution in [0.3, 0.4) is 0 Å². The van der Waals surface area contributed by atoms with Gasteiger partial charge >= 0.3 is 0 Å². The Kier molecular flexibility index (Phi) is 4.77. The predicted octanol–water partition coefficient (Wildman–Crippen LogP) is 2.57. The maximum Gasteiger partial charge on any atom is 0.267 e. The maximum absolute atomic E-state index is 11.9. The van der Waals surface area contributed by atoms with Crippen LogP contribution in [0.4, 0.5) is 11.6 Å². The van der Waals surface area contributed by atoms with Crippen LogP contribution >= 0.6 is 23.2 Å². The van der Waals surface area contributed by atoms with Gasteiger partial charge in [-0.05, 0) is 18.2 Å². The number of nitriles is 1. The van der Waals surface area contributed by atoms with Crippen LogP contribution in [0.5, 0.6) is 0 Å². The molecule has 0 saturated carbocycles. The van der Waals surface area contributed by atoms with E-state index in [4.69, 9.17) is 28.5 Å². The van der Waals surface area contributed by atoms with Gasteiger partial charge in [0.05, 0.1) is 10.0 Å². The summed E-state index contributed by atoms with van der Waals surface area (Å²) in [5.74, 6) is -0.284. The first kappa shape index (κ1) is 14.8. The van der Waals surface area contributed by atoms with Gasteiger partial charge in [-0.25, -0.2) is 5.10 Å². The van der Waals surface area contributed by atoms with E-state index >= 15 is 0 Å². The number of carbonyl (C=O) groups excluding carboxylic acids is 1. The molecule has 1 amide bonds. The quantitative estimate of drug-likeness (QED) is 0.592. The number of hydrogen-bond donors (Lipinski definition) is 3. The lowest BCUT2D eigenvalue weighted by atomic mass is 10.2. The minimum absolute atomic E-state index is 0.141. The fourth-order valence-corrected chi connectivity index (χ4v) is 1.63. The van der Waals surface area contributed by atoms with Crippen molar-refractivity contribution in [2.45, 2.75) is 0 Å². The molecule has 0 fully saturated rings. The van der Waals surface area contributed by atoms with Crippen molar-refractivity contribution in [3.05, 3.63) is 46.3 Å². The molecule has 2 aromatic rings. The number of benzene rings is 1. The molecule has 2 rings (SSSR count). The van der Waals surface area contributed by atoms with Crippen LogP contribution in [-0.2, 0) is 4.79 Å². The number of nitrogens with zero attached hydrogens (tertiary/aromatic N) is 3. The Labute approximate surface area is 129 Å². The molecule has 0 aliphatic carbocycles. The monoisotopic (exact) mass is 322 g/mol. The Bertz CT molecular complexity index is 720. The molecule has 0 radical (unpaired) electrons. The van der Waals surface area contributed by atoms with E-state index in [1.165, 1.54) is 18.6 Å². The second-order valence-electron chi connectivity index (χ2n) is 3.73. The first-order valence-corrected chi connectivity index (χ1v) is 6.34. The third kappa shape index (κ3) is 3.95. The summed E-state index contributed by atoms with van der Waals surface area (Å²) in [6.07, 6.45) is 2.51. The van der Waals surface area contributed by atoms with E-state index in [9.17, 15) is 4.79 Å². The van der Waals surface area contributed by atoms with Gasteiger partial charge in [-0.2, -0.15) is 15.3 Å². The van der Waals surface area contributed by atoms with Crippen LogP contribution in [0.1, 0.15) is 0 Å². The summed E-state index contributed by atoms with van der Waals surface area (Å²) >= 11 is 11.6. The molecule has 0 aliphatic heterocycles. The molecule has 1 aromatic heterocycles. The van der Waals surface area contributed by atoms with Crippen molar-refractivity contribution in [2.75, 3.05) is 10.6 Å². The fourth-order valence-electron chi connectivity index (χ4n) is 1.34. The number of H-pyrrole nitrogens is 1. The minimum Gasteiger partial charge on any atom is -0.330 e. The van der Waals surface area contributed by atoms with Gasteiger partial charge in [0.2, 0.25) is 5.95 Å². The zero-order valence-electron chi connectivity index (χ0n) is 10.4. The average Bonchev–Trinajstić information content (AvgIpc) is 2.97. The first-order valence-electron chi connectivity index (χ1n) is 5.58. The van der Waals surface area contributed by atoms with E-state index in [1.54, 1.807) is 18.2 Å². The lowest BCUT2D eigenvalue weighted by Crippen LogP contribution is -2.14. The van der Waals surface area contributed by atoms with Crippen LogP contribution in [-0.4, -0.2) is 21.1 Å². The molecule has 106 valence electrons. The van der Waals surface area contributed by atoms with Crippen molar-refractivity contribution < 1.29 is 4.79 Å². The van der Waals surface area contributed by atoms with E-state index in [2.05, 4.69) is 25.8 Å². The molecule has 21 heavy (non-hydrogen) atoms. The predicted molar refractivity (Wildman–Crippen MR) is 78.8 cm³/mol. The Morgan fingerprint density at radius 3 is 2.81 bits per heavy atom. The first-order chi connectivity index (χ1) is 10.1. The van der Waals surface area contributed by atoms with Crippen LogP contribution in [0.15, 0.2) is 36.3 Å². The number of anilines is 2. The molecule has 1 aromatic carbocycles. The Balaban J connectivity index is 2.08. The summed E-state index contributed by atoms with van der Waals surface area (Å²) in [4.78, 5) is 15.7. The smallest absolute Gasteiger partial charge is 0.267 e. The van der Waals surface area contributed by atoms with Gasteiger partial charge in [0, 0.05) is 11.9 Å². The molecule has 0 atom stereocenters. The van der Waals surface area contributed by atoms with Crippen LogP contribution < -0.4 is 10.6 Å². The minimum atomic E-state index is -0.595. The molecule has 7 nitrogen and oxygen atoms in total. The maximum atomic E-state index is 11.9. The molecular weight excluding hydrogens is 315 g/mol. The SMILES string of the molecule is N#C/C(=C/Nc1ncn[nH]1)C(=O)Nc1ccc(Cl)c(Cl)c1. The van der Waals surface area contributed by atoms with Gasteiger partial charge in [0.15, 0.2) is 0 Å².